The number of ether oxygens (including phenoxy) is 1. The van der Waals surface area contributed by atoms with Crippen molar-refractivity contribution >= 4 is 23.2 Å². The van der Waals surface area contributed by atoms with E-state index in [2.05, 4.69) is 21.9 Å². The first-order chi connectivity index (χ1) is 13.3. The second-order valence-corrected chi connectivity index (χ2v) is 6.56. The van der Waals surface area contributed by atoms with Crippen LogP contribution in [0.1, 0.15) is 5.56 Å². The maximum Gasteiger partial charge on any atom is 0.417 e. The van der Waals surface area contributed by atoms with Crippen molar-refractivity contribution in [1.29, 1.82) is 0 Å². The van der Waals surface area contributed by atoms with Crippen molar-refractivity contribution in [3.8, 4) is 5.75 Å². The van der Waals surface area contributed by atoms with Crippen molar-refractivity contribution in [3.05, 3.63) is 53.6 Å². The molecule has 0 radical (unpaired) electrons. The molecule has 28 heavy (non-hydrogen) atoms. The third-order valence-corrected chi connectivity index (χ3v) is 4.63. The van der Waals surface area contributed by atoms with E-state index in [0.29, 0.717) is 49.4 Å². The summed E-state index contributed by atoms with van der Waals surface area (Å²) in [4.78, 5) is 12.0. The van der Waals surface area contributed by atoms with Gasteiger partial charge in [0.25, 0.3) is 0 Å². The summed E-state index contributed by atoms with van der Waals surface area (Å²) in [6.07, 6.45) is -2.03. The fourth-order valence-electron chi connectivity index (χ4n) is 2.84. The molecule has 1 saturated heterocycles. The lowest BCUT2D eigenvalue weighted by atomic mass is 10.2. The van der Waals surface area contributed by atoms with Crippen molar-refractivity contribution < 1.29 is 17.9 Å². The zero-order chi connectivity index (χ0) is 20.3. The highest BCUT2D eigenvalue weighted by molar-refractivity contribution is 6.33. The zero-order valence-electron chi connectivity index (χ0n) is 15.1. The van der Waals surface area contributed by atoms with Crippen molar-refractivity contribution in [1.82, 2.24) is 14.9 Å². The Kier molecular flexibility index (Phi) is 5.83. The average Bonchev–Trinajstić information content (AvgIpc) is 2.67. The maximum absolute atomic E-state index is 12.8. The third-order valence-electron chi connectivity index (χ3n) is 4.35. The Morgan fingerprint density at radius 2 is 1.93 bits per heavy atom. The molecule has 0 aliphatic carbocycles. The molecular weight excluding hydrogens is 395 g/mol. The number of hydrogen-bond donors (Lipinski definition) is 1. The normalized spacial score (nSPS) is 14.8. The summed E-state index contributed by atoms with van der Waals surface area (Å²) in [5, 5.41) is 3.12. The van der Waals surface area contributed by atoms with Gasteiger partial charge in [0.15, 0.2) is 0 Å². The van der Waals surface area contributed by atoms with Crippen LogP contribution < -0.4 is 15.0 Å². The molecule has 3 heterocycles. The van der Waals surface area contributed by atoms with E-state index < -0.39 is 11.7 Å². The van der Waals surface area contributed by atoms with Crippen molar-refractivity contribution in [2.24, 2.45) is 0 Å². The molecule has 1 aliphatic rings. The van der Waals surface area contributed by atoms with Gasteiger partial charge in [-0.25, -0.2) is 9.97 Å². The molecule has 0 bridgehead atoms. The fraction of sp³-hybridized carbons (Fsp3) is 0.333. The predicted octanol–water partition coefficient (Wildman–Crippen LogP) is 3.86. The van der Waals surface area contributed by atoms with E-state index in [1.54, 1.807) is 25.4 Å². The highest BCUT2D eigenvalue weighted by Gasteiger charge is 2.32. The predicted molar refractivity (Wildman–Crippen MR) is 102 cm³/mol. The molecule has 3 rings (SSSR count). The molecule has 2 aromatic heterocycles. The van der Waals surface area contributed by atoms with Crippen LogP contribution in [0.5, 0.6) is 5.75 Å². The molecule has 1 N–H and O–H groups in total. The Balaban J connectivity index is 1.60. The summed E-state index contributed by atoms with van der Waals surface area (Å²) in [6, 6.07) is 4.41. The Labute approximate surface area is 165 Å². The standard InChI is InChI=1S/C18H19ClF3N5O/c1-12(25-16-10-14(28-2)3-4-23-16)26-5-7-27(8-6-26)17-15(19)9-13(11-24-17)18(20,21)22/h3-4,9-11H,1,5-8H2,2H3,(H,23,25). The average molecular weight is 414 g/mol. The molecule has 2 aromatic rings. The summed E-state index contributed by atoms with van der Waals surface area (Å²) in [5.74, 6) is 2.31. The van der Waals surface area contributed by atoms with Gasteiger partial charge in [0.05, 0.1) is 23.5 Å². The van der Waals surface area contributed by atoms with Gasteiger partial charge in [-0.1, -0.05) is 18.2 Å². The van der Waals surface area contributed by atoms with E-state index in [9.17, 15) is 13.2 Å². The molecule has 150 valence electrons. The number of pyridine rings is 2. The van der Waals surface area contributed by atoms with Gasteiger partial charge in [-0.3, -0.25) is 0 Å². The first-order valence-electron chi connectivity index (χ1n) is 8.46. The minimum atomic E-state index is -4.47. The number of piperazine rings is 1. The molecule has 0 aromatic carbocycles. The molecule has 0 amide bonds. The molecule has 0 atom stereocenters. The van der Waals surface area contributed by atoms with E-state index in [1.807, 2.05) is 9.80 Å². The summed E-state index contributed by atoms with van der Waals surface area (Å²) in [7, 11) is 1.58. The lowest BCUT2D eigenvalue weighted by Gasteiger charge is -2.37. The van der Waals surface area contributed by atoms with Gasteiger partial charge >= 0.3 is 6.18 Å². The van der Waals surface area contributed by atoms with E-state index in [-0.39, 0.29) is 5.02 Å². The monoisotopic (exact) mass is 413 g/mol. The van der Waals surface area contributed by atoms with Gasteiger partial charge in [-0.15, -0.1) is 0 Å². The highest BCUT2D eigenvalue weighted by Crippen LogP contribution is 2.33. The topological polar surface area (TPSA) is 53.5 Å². The Morgan fingerprint density at radius 1 is 1.21 bits per heavy atom. The van der Waals surface area contributed by atoms with Crippen LogP contribution in [0.3, 0.4) is 0 Å². The van der Waals surface area contributed by atoms with Gasteiger partial charge in [0.2, 0.25) is 0 Å². The quantitative estimate of drug-likeness (QED) is 0.803. The number of methoxy groups -OCH3 is 1. The largest absolute Gasteiger partial charge is 0.497 e. The number of rotatable bonds is 5. The van der Waals surface area contributed by atoms with Crippen molar-refractivity contribution in [3.63, 3.8) is 0 Å². The number of halogens is 4. The van der Waals surface area contributed by atoms with Gasteiger partial charge in [0.1, 0.15) is 17.4 Å². The van der Waals surface area contributed by atoms with Crippen molar-refractivity contribution in [2.75, 3.05) is 43.5 Å². The third kappa shape index (κ3) is 4.59. The number of aromatic nitrogens is 2. The van der Waals surface area contributed by atoms with Gasteiger partial charge in [-0.05, 0) is 12.1 Å². The number of alkyl halides is 3. The van der Waals surface area contributed by atoms with Crippen LogP contribution in [-0.2, 0) is 6.18 Å². The molecule has 1 aliphatic heterocycles. The van der Waals surface area contributed by atoms with E-state index in [1.165, 1.54) is 0 Å². The maximum atomic E-state index is 12.8. The molecule has 0 unspecified atom stereocenters. The first-order valence-corrected chi connectivity index (χ1v) is 8.84. The number of nitrogens with one attached hydrogen (secondary N) is 1. The smallest absolute Gasteiger partial charge is 0.417 e. The number of nitrogens with zero attached hydrogens (tertiary/aromatic N) is 4. The van der Waals surface area contributed by atoms with Crippen LogP contribution in [0.2, 0.25) is 5.02 Å². The summed E-state index contributed by atoms with van der Waals surface area (Å²) >= 11 is 6.04. The van der Waals surface area contributed by atoms with Crippen LogP contribution in [0.15, 0.2) is 43.0 Å². The second kappa shape index (κ2) is 8.14. The molecule has 1 fully saturated rings. The molecule has 10 heteroatoms. The minimum absolute atomic E-state index is 0.0131. The van der Waals surface area contributed by atoms with Crippen LogP contribution in [0, 0.1) is 0 Å². The lowest BCUT2D eigenvalue weighted by Crippen LogP contribution is -2.47. The lowest BCUT2D eigenvalue weighted by molar-refractivity contribution is -0.137. The summed E-state index contributed by atoms with van der Waals surface area (Å²) in [5.41, 5.74) is -0.858. The van der Waals surface area contributed by atoms with Crippen LogP contribution in [0.25, 0.3) is 0 Å². The van der Waals surface area contributed by atoms with Crippen molar-refractivity contribution in [2.45, 2.75) is 6.18 Å². The number of anilines is 2. The number of hydrogen-bond acceptors (Lipinski definition) is 6. The Morgan fingerprint density at radius 3 is 2.54 bits per heavy atom. The molecule has 0 saturated carbocycles. The summed E-state index contributed by atoms with van der Waals surface area (Å²) in [6.45, 7) is 6.34. The summed E-state index contributed by atoms with van der Waals surface area (Å²) < 4.78 is 43.4. The Hall–Kier alpha value is -2.68. The van der Waals surface area contributed by atoms with E-state index >= 15 is 0 Å². The Bertz CT molecular complexity index is 853. The zero-order valence-corrected chi connectivity index (χ0v) is 15.9. The van der Waals surface area contributed by atoms with Crippen LogP contribution in [0.4, 0.5) is 24.8 Å². The first kappa shape index (κ1) is 20.1. The molecule has 0 spiro atoms. The molecular formula is C18H19ClF3N5O. The van der Waals surface area contributed by atoms with E-state index in [0.717, 1.165) is 12.3 Å². The van der Waals surface area contributed by atoms with Gasteiger partial charge < -0.3 is 19.9 Å². The van der Waals surface area contributed by atoms with Gasteiger partial charge in [-0.2, -0.15) is 13.2 Å². The highest BCUT2D eigenvalue weighted by atomic mass is 35.5. The van der Waals surface area contributed by atoms with Crippen LogP contribution in [-0.4, -0.2) is 48.2 Å². The SMILES string of the molecule is C=C(Nc1cc(OC)ccn1)N1CCN(c2ncc(C(F)(F)F)cc2Cl)CC1. The van der Waals surface area contributed by atoms with E-state index in [4.69, 9.17) is 16.3 Å². The van der Waals surface area contributed by atoms with Crippen LogP contribution >= 0.6 is 11.6 Å². The minimum Gasteiger partial charge on any atom is -0.497 e. The molecule has 6 nitrogen and oxygen atoms in total. The fourth-order valence-corrected chi connectivity index (χ4v) is 3.13. The van der Waals surface area contributed by atoms with Gasteiger partial charge in [0, 0.05) is 44.6 Å². The second-order valence-electron chi connectivity index (χ2n) is 6.15.